The third-order valence-corrected chi connectivity index (χ3v) is 7.02. The molecule has 1 N–H and O–H groups in total. The number of rotatable bonds is 8. The van der Waals surface area contributed by atoms with Crippen LogP contribution in [0.5, 0.6) is 0 Å². The van der Waals surface area contributed by atoms with Gasteiger partial charge in [-0.2, -0.15) is 0 Å². The molecule has 0 spiro atoms. The first-order chi connectivity index (χ1) is 13.9. The van der Waals surface area contributed by atoms with Crippen molar-refractivity contribution in [3.05, 3.63) is 65.5 Å². The number of halogens is 1. The van der Waals surface area contributed by atoms with Crippen molar-refractivity contribution in [1.29, 1.82) is 0 Å². The minimum atomic E-state index is -3.64. The Balaban J connectivity index is 1.76. The predicted molar refractivity (Wildman–Crippen MR) is 112 cm³/mol. The first-order valence-electron chi connectivity index (χ1n) is 10.1. The summed E-state index contributed by atoms with van der Waals surface area (Å²) < 4.78 is 47.2. The number of benzene rings is 2. The van der Waals surface area contributed by atoms with Gasteiger partial charge in [0, 0.05) is 25.7 Å². The highest BCUT2D eigenvalue weighted by Gasteiger charge is 2.25. The fourth-order valence-corrected chi connectivity index (χ4v) is 4.55. The summed E-state index contributed by atoms with van der Waals surface area (Å²) in [5, 5.41) is 0. The lowest BCUT2D eigenvalue weighted by Crippen LogP contribution is -2.43. The summed E-state index contributed by atoms with van der Waals surface area (Å²) in [5.74, 6) is 0.0837. The van der Waals surface area contributed by atoms with Crippen LogP contribution in [-0.2, 0) is 14.8 Å². The van der Waals surface area contributed by atoms with E-state index in [1.807, 2.05) is 12.1 Å². The molecule has 0 bridgehead atoms. The molecule has 5 nitrogen and oxygen atoms in total. The monoisotopic (exact) mass is 420 g/mol. The van der Waals surface area contributed by atoms with Crippen molar-refractivity contribution in [2.75, 3.05) is 32.8 Å². The minimum absolute atomic E-state index is 0.186. The van der Waals surface area contributed by atoms with Crippen molar-refractivity contribution in [1.82, 2.24) is 9.62 Å². The Labute approximate surface area is 172 Å². The lowest BCUT2D eigenvalue weighted by atomic mass is 9.99. The van der Waals surface area contributed by atoms with E-state index in [2.05, 4.69) is 23.5 Å². The molecule has 29 heavy (non-hydrogen) atoms. The number of ether oxygens (including phenoxy) is 1. The summed E-state index contributed by atoms with van der Waals surface area (Å²) in [6.45, 7) is 7.04. The molecule has 0 saturated carbocycles. The second kappa shape index (κ2) is 9.80. The molecule has 2 unspecified atom stereocenters. The fraction of sp³-hybridized carbons (Fsp3) is 0.455. The van der Waals surface area contributed by atoms with E-state index in [1.54, 1.807) is 24.3 Å². The molecule has 1 aliphatic rings. The normalized spacial score (nSPS) is 17.8. The standard InChI is InChI=1S/C22H29FN2O3S/c1-3-17(2)18-6-10-21(11-7-18)29(26,27)24-16-22(25-12-14-28-15-13-25)19-4-8-20(23)9-5-19/h4-11,17,22,24H,3,12-16H2,1-2H3. The second-order valence-electron chi connectivity index (χ2n) is 7.45. The average molecular weight is 421 g/mol. The Kier molecular flexibility index (Phi) is 7.40. The molecule has 2 atom stereocenters. The molecule has 7 heteroatoms. The van der Waals surface area contributed by atoms with Gasteiger partial charge in [0.25, 0.3) is 0 Å². The van der Waals surface area contributed by atoms with Gasteiger partial charge >= 0.3 is 0 Å². The molecule has 1 heterocycles. The number of morpholine rings is 1. The highest BCUT2D eigenvalue weighted by molar-refractivity contribution is 7.89. The molecule has 1 aliphatic heterocycles. The van der Waals surface area contributed by atoms with Crippen LogP contribution in [0.4, 0.5) is 4.39 Å². The molecule has 1 fully saturated rings. The van der Waals surface area contributed by atoms with Gasteiger partial charge in [-0.3, -0.25) is 4.90 Å². The van der Waals surface area contributed by atoms with Crippen LogP contribution < -0.4 is 4.72 Å². The van der Waals surface area contributed by atoms with Crippen molar-refractivity contribution < 1.29 is 17.5 Å². The Morgan fingerprint density at radius 3 is 2.21 bits per heavy atom. The van der Waals surface area contributed by atoms with Crippen LogP contribution in [0.3, 0.4) is 0 Å². The van der Waals surface area contributed by atoms with Crippen LogP contribution in [0.25, 0.3) is 0 Å². The predicted octanol–water partition coefficient (Wildman–Crippen LogP) is 3.69. The lowest BCUT2D eigenvalue weighted by Gasteiger charge is -2.34. The third-order valence-electron chi connectivity index (χ3n) is 5.58. The smallest absolute Gasteiger partial charge is 0.240 e. The molecule has 1 saturated heterocycles. The van der Waals surface area contributed by atoms with Gasteiger partial charge in [0.05, 0.1) is 18.1 Å². The van der Waals surface area contributed by atoms with E-state index in [-0.39, 0.29) is 23.3 Å². The molecular weight excluding hydrogens is 391 g/mol. The Morgan fingerprint density at radius 1 is 1.03 bits per heavy atom. The topological polar surface area (TPSA) is 58.6 Å². The van der Waals surface area contributed by atoms with E-state index >= 15 is 0 Å². The van der Waals surface area contributed by atoms with E-state index in [0.717, 1.165) is 17.5 Å². The van der Waals surface area contributed by atoms with Gasteiger partial charge in [-0.1, -0.05) is 38.1 Å². The van der Waals surface area contributed by atoms with Crippen LogP contribution in [-0.4, -0.2) is 46.2 Å². The van der Waals surface area contributed by atoms with Crippen molar-refractivity contribution in [2.24, 2.45) is 0 Å². The third kappa shape index (κ3) is 5.63. The van der Waals surface area contributed by atoms with Gasteiger partial charge < -0.3 is 4.74 Å². The lowest BCUT2D eigenvalue weighted by molar-refractivity contribution is 0.0172. The second-order valence-corrected chi connectivity index (χ2v) is 9.21. The van der Waals surface area contributed by atoms with Gasteiger partial charge in [-0.05, 0) is 47.7 Å². The molecular formula is C22H29FN2O3S. The zero-order chi connectivity index (χ0) is 20.9. The molecule has 0 radical (unpaired) electrons. The van der Waals surface area contributed by atoms with Crippen molar-refractivity contribution >= 4 is 10.0 Å². The number of hydrogen-bond donors (Lipinski definition) is 1. The maximum atomic E-state index is 13.4. The quantitative estimate of drug-likeness (QED) is 0.708. The minimum Gasteiger partial charge on any atom is -0.379 e. The van der Waals surface area contributed by atoms with Gasteiger partial charge in [-0.15, -0.1) is 0 Å². The maximum absolute atomic E-state index is 13.4. The van der Waals surface area contributed by atoms with Crippen LogP contribution in [0.2, 0.25) is 0 Å². The Hall–Kier alpha value is -1.80. The van der Waals surface area contributed by atoms with Crippen LogP contribution >= 0.6 is 0 Å². The van der Waals surface area contributed by atoms with Gasteiger partial charge in [0.1, 0.15) is 5.82 Å². The van der Waals surface area contributed by atoms with E-state index < -0.39 is 10.0 Å². The summed E-state index contributed by atoms with van der Waals surface area (Å²) in [4.78, 5) is 2.43. The summed E-state index contributed by atoms with van der Waals surface area (Å²) in [5.41, 5.74) is 2.01. The largest absolute Gasteiger partial charge is 0.379 e. The first kappa shape index (κ1) is 21.9. The van der Waals surface area contributed by atoms with Crippen molar-refractivity contribution in [3.8, 4) is 0 Å². The van der Waals surface area contributed by atoms with Crippen molar-refractivity contribution in [2.45, 2.75) is 37.1 Å². The zero-order valence-corrected chi connectivity index (χ0v) is 17.8. The van der Waals surface area contributed by atoms with E-state index in [4.69, 9.17) is 4.74 Å². The van der Waals surface area contributed by atoms with Gasteiger partial charge in [-0.25, -0.2) is 17.5 Å². The molecule has 0 aromatic heterocycles. The Morgan fingerprint density at radius 2 is 1.62 bits per heavy atom. The van der Waals surface area contributed by atoms with Gasteiger partial charge in [0.2, 0.25) is 10.0 Å². The van der Waals surface area contributed by atoms with Gasteiger partial charge in [0.15, 0.2) is 0 Å². The molecule has 2 aromatic rings. The highest BCUT2D eigenvalue weighted by atomic mass is 32.2. The fourth-order valence-electron chi connectivity index (χ4n) is 3.52. The maximum Gasteiger partial charge on any atom is 0.240 e. The molecule has 0 amide bonds. The van der Waals surface area contributed by atoms with Crippen LogP contribution in [0, 0.1) is 5.82 Å². The summed E-state index contributed by atoms with van der Waals surface area (Å²) in [6, 6.07) is 13.1. The van der Waals surface area contributed by atoms with E-state index in [1.165, 1.54) is 12.1 Å². The summed E-state index contributed by atoms with van der Waals surface area (Å²) in [6.07, 6.45) is 1.00. The number of hydrogen-bond acceptors (Lipinski definition) is 4. The van der Waals surface area contributed by atoms with Crippen LogP contribution in [0.1, 0.15) is 43.4 Å². The highest BCUT2D eigenvalue weighted by Crippen LogP contribution is 2.24. The molecule has 0 aliphatic carbocycles. The number of nitrogens with one attached hydrogen (secondary N) is 1. The SMILES string of the molecule is CCC(C)c1ccc(S(=O)(=O)NCC(c2ccc(F)cc2)N2CCOCC2)cc1. The van der Waals surface area contributed by atoms with Crippen molar-refractivity contribution in [3.63, 3.8) is 0 Å². The summed E-state index contributed by atoms with van der Waals surface area (Å²) >= 11 is 0. The first-order valence-corrected chi connectivity index (χ1v) is 11.6. The zero-order valence-electron chi connectivity index (χ0n) is 17.0. The molecule has 3 rings (SSSR count). The molecule has 158 valence electrons. The number of nitrogens with zero attached hydrogens (tertiary/aromatic N) is 1. The average Bonchev–Trinajstić information content (AvgIpc) is 2.75. The van der Waals surface area contributed by atoms with Crippen LogP contribution in [0.15, 0.2) is 53.4 Å². The Bertz CT molecular complexity index is 879. The summed E-state index contributed by atoms with van der Waals surface area (Å²) in [7, 11) is -3.64. The number of sulfonamides is 1. The van der Waals surface area contributed by atoms with E-state index in [9.17, 15) is 12.8 Å². The van der Waals surface area contributed by atoms with E-state index in [0.29, 0.717) is 32.2 Å². The molecule has 2 aromatic carbocycles.